The first-order chi connectivity index (χ1) is 12.5. The Morgan fingerprint density at radius 2 is 1.27 bits per heavy atom. The van der Waals surface area contributed by atoms with E-state index in [1.54, 1.807) is 12.1 Å². The Kier molecular flexibility index (Phi) is 13.3. The van der Waals surface area contributed by atoms with Crippen molar-refractivity contribution in [2.24, 2.45) is 0 Å². The molecular weight excluding hydrogens is 363 g/mol. The number of unbranched alkanes of at least 4 members (excludes halogenated alkanes) is 11. The van der Waals surface area contributed by atoms with Crippen LogP contribution in [0.1, 0.15) is 89.5 Å². The van der Waals surface area contributed by atoms with Gasteiger partial charge in [-0.2, -0.15) is 0 Å². The van der Waals surface area contributed by atoms with E-state index < -0.39 is 6.72 Å². The number of aryl methyl sites for hydroxylation is 1. The molecule has 5 heteroatoms. The molecule has 1 atom stereocenters. The zero-order valence-electron chi connectivity index (χ0n) is 16.6. The van der Waals surface area contributed by atoms with Gasteiger partial charge in [-0.1, -0.05) is 95.2 Å². The van der Waals surface area contributed by atoms with E-state index in [0.29, 0.717) is 12.4 Å². The van der Waals surface area contributed by atoms with E-state index in [0.717, 1.165) is 18.4 Å². The molecule has 0 aliphatic carbocycles. The van der Waals surface area contributed by atoms with E-state index in [4.69, 9.17) is 20.9 Å². The second kappa shape index (κ2) is 14.6. The summed E-state index contributed by atoms with van der Waals surface area (Å²) in [6, 6.07) is 7.46. The molecule has 0 radical (unpaired) electrons. The standard InChI is InChI=1S/C21H37O3PS/c1-3-4-5-6-7-8-9-10-11-12-13-14-19-23-25(22,26)24-21-17-15-20(2)16-18-21/h15-18H,3-14,19H2,1-2H3,(H,22,26). The SMILES string of the molecule is CCCCCCCCCCCCCCOP(O)(=S)Oc1ccc(C)cc1. The lowest BCUT2D eigenvalue weighted by atomic mass is 10.1. The Morgan fingerprint density at radius 3 is 1.77 bits per heavy atom. The molecule has 0 spiro atoms. The molecule has 26 heavy (non-hydrogen) atoms. The summed E-state index contributed by atoms with van der Waals surface area (Å²) in [7, 11) is 0. The highest BCUT2D eigenvalue weighted by molar-refractivity contribution is 8.07. The maximum absolute atomic E-state index is 10.1. The molecule has 150 valence electrons. The van der Waals surface area contributed by atoms with E-state index in [9.17, 15) is 4.89 Å². The third-order valence-electron chi connectivity index (χ3n) is 4.49. The van der Waals surface area contributed by atoms with Gasteiger partial charge in [0.25, 0.3) is 0 Å². The van der Waals surface area contributed by atoms with Gasteiger partial charge in [0.05, 0.1) is 6.61 Å². The number of benzene rings is 1. The quantitative estimate of drug-likeness (QED) is 0.233. The zero-order valence-corrected chi connectivity index (χ0v) is 18.3. The lowest BCUT2D eigenvalue weighted by Crippen LogP contribution is -1.99. The summed E-state index contributed by atoms with van der Waals surface area (Å²) in [6.07, 6.45) is 15.6. The third-order valence-corrected chi connectivity index (χ3v) is 5.98. The largest absolute Gasteiger partial charge is 0.424 e. The minimum atomic E-state index is -3.18. The summed E-state index contributed by atoms with van der Waals surface area (Å²) in [6.45, 7) is 1.56. The molecule has 0 heterocycles. The van der Waals surface area contributed by atoms with Crippen LogP contribution in [-0.2, 0) is 16.3 Å². The Balaban J connectivity index is 1.94. The fourth-order valence-corrected chi connectivity index (χ4v) is 4.16. The lowest BCUT2D eigenvalue weighted by Gasteiger charge is -2.16. The molecule has 1 unspecified atom stereocenters. The van der Waals surface area contributed by atoms with Crippen LogP contribution in [0, 0.1) is 6.92 Å². The van der Waals surface area contributed by atoms with Crippen molar-refractivity contribution in [2.75, 3.05) is 6.61 Å². The molecule has 0 fully saturated rings. The summed E-state index contributed by atoms with van der Waals surface area (Å²) in [4.78, 5) is 10.1. The molecule has 0 amide bonds. The van der Waals surface area contributed by atoms with Crippen LogP contribution in [0.5, 0.6) is 5.75 Å². The van der Waals surface area contributed by atoms with Gasteiger partial charge in [-0.15, -0.1) is 0 Å². The molecule has 1 N–H and O–H groups in total. The van der Waals surface area contributed by atoms with Gasteiger partial charge in [-0.25, -0.2) is 0 Å². The molecular formula is C21H37O3PS. The van der Waals surface area contributed by atoms with Crippen LogP contribution in [0.25, 0.3) is 0 Å². The van der Waals surface area contributed by atoms with E-state index in [1.807, 2.05) is 19.1 Å². The van der Waals surface area contributed by atoms with Gasteiger partial charge in [0.15, 0.2) is 0 Å². The van der Waals surface area contributed by atoms with Crippen LogP contribution in [0.4, 0.5) is 0 Å². The molecule has 0 aliphatic rings. The van der Waals surface area contributed by atoms with Gasteiger partial charge in [-0.3, -0.25) is 4.52 Å². The number of rotatable bonds is 16. The van der Waals surface area contributed by atoms with Crippen LogP contribution in [0.3, 0.4) is 0 Å². The molecule has 1 rings (SSSR count). The van der Waals surface area contributed by atoms with Crippen molar-refractivity contribution in [3.05, 3.63) is 29.8 Å². The highest BCUT2D eigenvalue weighted by atomic mass is 32.5. The van der Waals surface area contributed by atoms with Crippen LogP contribution in [-0.4, -0.2) is 11.5 Å². The first-order valence-electron chi connectivity index (χ1n) is 10.3. The highest BCUT2D eigenvalue weighted by Gasteiger charge is 2.16. The highest BCUT2D eigenvalue weighted by Crippen LogP contribution is 2.44. The average Bonchev–Trinajstić information content (AvgIpc) is 2.61. The molecule has 0 aromatic heterocycles. The monoisotopic (exact) mass is 400 g/mol. The van der Waals surface area contributed by atoms with E-state index >= 15 is 0 Å². The molecule has 0 saturated heterocycles. The summed E-state index contributed by atoms with van der Waals surface area (Å²) in [5.41, 5.74) is 1.14. The van der Waals surface area contributed by atoms with Crippen molar-refractivity contribution in [2.45, 2.75) is 90.9 Å². The molecule has 1 aromatic rings. The van der Waals surface area contributed by atoms with E-state index in [1.165, 1.54) is 64.2 Å². The van der Waals surface area contributed by atoms with Crippen molar-refractivity contribution in [1.82, 2.24) is 0 Å². The van der Waals surface area contributed by atoms with Crippen LogP contribution >= 0.6 is 6.72 Å². The van der Waals surface area contributed by atoms with E-state index in [-0.39, 0.29) is 0 Å². The smallest absolute Gasteiger partial charge is 0.377 e. The Labute approximate surface area is 165 Å². The second-order valence-electron chi connectivity index (χ2n) is 7.10. The summed E-state index contributed by atoms with van der Waals surface area (Å²) in [5.74, 6) is 0.566. The molecule has 3 nitrogen and oxygen atoms in total. The molecule has 0 saturated carbocycles. The van der Waals surface area contributed by atoms with Crippen LogP contribution in [0.15, 0.2) is 24.3 Å². The summed E-state index contributed by atoms with van der Waals surface area (Å²) < 4.78 is 10.8. The zero-order chi connectivity index (χ0) is 19.1. The lowest BCUT2D eigenvalue weighted by molar-refractivity contribution is 0.250. The normalized spacial score (nSPS) is 13.5. The van der Waals surface area contributed by atoms with Crippen molar-refractivity contribution < 1.29 is 13.9 Å². The van der Waals surface area contributed by atoms with Crippen molar-refractivity contribution in [3.63, 3.8) is 0 Å². The van der Waals surface area contributed by atoms with Crippen molar-refractivity contribution >= 4 is 18.5 Å². The Hall–Kier alpha value is -0.410. The van der Waals surface area contributed by atoms with Gasteiger partial charge in [-0.05, 0) is 25.5 Å². The molecule has 0 bridgehead atoms. The van der Waals surface area contributed by atoms with E-state index in [2.05, 4.69) is 6.92 Å². The fourth-order valence-electron chi connectivity index (χ4n) is 2.88. The van der Waals surface area contributed by atoms with Gasteiger partial charge in [0.2, 0.25) is 0 Å². The van der Waals surface area contributed by atoms with Gasteiger partial charge in [0, 0.05) is 11.8 Å². The first kappa shape index (κ1) is 23.6. The topological polar surface area (TPSA) is 38.7 Å². The molecule has 0 aliphatic heterocycles. The van der Waals surface area contributed by atoms with Crippen LogP contribution in [0.2, 0.25) is 0 Å². The Bertz CT molecular complexity index is 504. The van der Waals surface area contributed by atoms with Crippen LogP contribution < -0.4 is 4.52 Å². The Morgan fingerprint density at radius 1 is 0.808 bits per heavy atom. The maximum atomic E-state index is 10.1. The van der Waals surface area contributed by atoms with Gasteiger partial charge in [0.1, 0.15) is 5.75 Å². The summed E-state index contributed by atoms with van der Waals surface area (Å²) in [5, 5.41) is 0. The molecule has 1 aromatic carbocycles. The fraction of sp³-hybridized carbons (Fsp3) is 0.714. The number of hydrogen-bond donors (Lipinski definition) is 1. The predicted octanol–water partition coefficient (Wildman–Crippen LogP) is 7.31. The van der Waals surface area contributed by atoms with Crippen molar-refractivity contribution in [1.29, 1.82) is 0 Å². The maximum Gasteiger partial charge on any atom is 0.377 e. The average molecular weight is 401 g/mol. The third kappa shape index (κ3) is 12.9. The summed E-state index contributed by atoms with van der Waals surface area (Å²) >= 11 is 5.07. The number of hydrogen-bond acceptors (Lipinski definition) is 3. The first-order valence-corrected chi connectivity index (χ1v) is 12.9. The second-order valence-corrected chi connectivity index (χ2v) is 9.86. The predicted molar refractivity (Wildman–Crippen MR) is 115 cm³/mol. The van der Waals surface area contributed by atoms with Gasteiger partial charge >= 0.3 is 6.72 Å². The van der Waals surface area contributed by atoms with Gasteiger partial charge < -0.3 is 9.42 Å². The minimum Gasteiger partial charge on any atom is -0.424 e. The van der Waals surface area contributed by atoms with Crippen molar-refractivity contribution in [3.8, 4) is 5.75 Å². The minimum absolute atomic E-state index is 0.469.